The van der Waals surface area contributed by atoms with Crippen LogP contribution in [0.25, 0.3) is 0 Å². The van der Waals surface area contributed by atoms with Crippen molar-refractivity contribution in [3.63, 3.8) is 0 Å². The SMILES string of the molecule is N.[SiH3]c1ccccc1. The summed E-state index contributed by atoms with van der Waals surface area (Å²) >= 11 is 0. The third-order valence-corrected chi connectivity index (χ3v) is 1.61. The third-order valence-electron chi connectivity index (χ3n) is 0.940. The lowest BCUT2D eigenvalue weighted by Crippen LogP contribution is -1.97. The van der Waals surface area contributed by atoms with Crippen LogP contribution in [0.15, 0.2) is 30.3 Å². The molecule has 0 aliphatic heterocycles. The van der Waals surface area contributed by atoms with Crippen molar-refractivity contribution in [1.82, 2.24) is 6.15 Å². The molecule has 0 fully saturated rings. The first kappa shape index (κ1) is 7.40. The van der Waals surface area contributed by atoms with Crippen molar-refractivity contribution in [3.05, 3.63) is 30.3 Å². The first-order valence-corrected chi connectivity index (χ1v) is 3.41. The summed E-state index contributed by atoms with van der Waals surface area (Å²) in [6.45, 7) is 0. The van der Waals surface area contributed by atoms with Gasteiger partial charge in [-0.25, -0.2) is 0 Å². The minimum atomic E-state index is 0. The second-order valence-electron chi connectivity index (χ2n) is 1.65. The summed E-state index contributed by atoms with van der Waals surface area (Å²) < 4.78 is 0. The van der Waals surface area contributed by atoms with E-state index in [9.17, 15) is 0 Å². The Kier molecular flexibility index (Phi) is 3.15. The Morgan fingerprint density at radius 3 is 1.75 bits per heavy atom. The van der Waals surface area contributed by atoms with Crippen molar-refractivity contribution < 1.29 is 0 Å². The van der Waals surface area contributed by atoms with E-state index in [1.165, 1.54) is 15.4 Å². The Morgan fingerprint density at radius 1 is 1.00 bits per heavy atom. The largest absolute Gasteiger partial charge is 0.344 e. The van der Waals surface area contributed by atoms with Gasteiger partial charge in [-0.1, -0.05) is 35.5 Å². The van der Waals surface area contributed by atoms with Gasteiger partial charge in [0.2, 0.25) is 0 Å². The highest BCUT2D eigenvalue weighted by atomic mass is 28.1. The molecule has 0 heterocycles. The maximum Gasteiger partial charge on any atom is 0.0384 e. The average molecular weight is 125 g/mol. The van der Waals surface area contributed by atoms with E-state index < -0.39 is 0 Å². The van der Waals surface area contributed by atoms with Crippen molar-refractivity contribution in [2.45, 2.75) is 0 Å². The molecule has 0 bridgehead atoms. The van der Waals surface area contributed by atoms with Crippen molar-refractivity contribution in [2.24, 2.45) is 0 Å². The number of benzene rings is 1. The quantitative estimate of drug-likeness (QED) is 0.480. The molecular formula is C6H11NSi. The standard InChI is InChI=1S/C6H8Si.H3N/c7-6-4-2-1-3-5-6;/h1-5H,7H3;1H3. The van der Waals surface area contributed by atoms with Gasteiger partial charge in [0.1, 0.15) is 0 Å². The van der Waals surface area contributed by atoms with Crippen LogP contribution in [0.1, 0.15) is 0 Å². The molecule has 0 radical (unpaired) electrons. The van der Waals surface area contributed by atoms with Gasteiger partial charge >= 0.3 is 0 Å². The maximum absolute atomic E-state index is 2.15. The second kappa shape index (κ2) is 3.41. The zero-order valence-corrected chi connectivity index (χ0v) is 7.09. The fourth-order valence-electron chi connectivity index (χ4n) is 0.534. The molecule has 0 unspecified atom stereocenters. The smallest absolute Gasteiger partial charge is 0.0384 e. The van der Waals surface area contributed by atoms with Crippen LogP contribution in [0.3, 0.4) is 0 Å². The van der Waals surface area contributed by atoms with Crippen LogP contribution < -0.4 is 11.3 Å². The predicted octanol–water partition coefficient (Wildman–Crippen LogP) is -0.161. The molecule has 1 aromatic rings. The lowest BCUT2D eigenvalue weighted by molar-refractivity contribution is 1.78. The Labute approximate surface area is 52.7 Å². The zero-order valence-electron chi connectivity index (χ0n) is 5.09. The highest BCUT2D eigenvalue weighted by Gasteiger charge is 1.72. The molecule has 2 heteroatoms. The molecule has 1 nitrogen and oxygen atoms in total. The van der Waals surface area contributed by atoms with Gasteiger partial charge in [-0.05, 0) is 0 Å². The zero-order chi connectivity index (χ0) is 5.11. The molecule has 0 aliphatic rings. The number of hydrogen-bond acceptors (Lipinski definition) is 1. The molecular weight excluding hydrogens is 114 g/mol. The van der Waals surface area contributed by atoms with Gasteiger partial charge < -0.3 is 6.15 Å². The van der Waals surface area contributed by atoms with E-state index >= 15 is 0 Å². The molecule has 0 amide bonds. The summed E-state index contributed by atoms with van der Waals surface area (Å²) in [4.78, 5) is 0. The molecule has 8 heavy (non-hydrogen) atoms. The van der Waals surface area contributed by atoms with Crippen LogP contribution in [0, 0.1) is 0 Å². The van der Waals surface area contributed by atoms with Gasteiger partial charge in [-0.3, -0.25) is 0 Å². The van der Waals surface area contributed by atoms with E-state index in [2.05, 4.69) is 24.3 Å². The molecule has 0 aromatic heterocycles. The van der Waals surface area contributed by atoms with Gasteiger partial charge in [0.15, 0.2) is 0 Å². The molecule has 0 atom stereocenters. The predicted molar refractivity (Wildman–Crippen MR) is 41.0 cm³/mol. The van der Waals surface area contributed by atoms with E-state index in [1.807, 2.05) is 6.07 Å². The average Bonchev–Trinajstić information content (AvgIpc) is 1.69. The van der Waals surface area contributed by atoms with Crippen molar-refractivity contribution >= 4 is 15.4 Å². The summed E-state index contributed by atoms with van der Waals surface area (Å²) in [6, 6.07) is 10.5. The Bertz CT molecular complexity index is 138. The highest BCUT2D eigenvalue weighted by molar-refractivity contribution is 6.32. The maximum atomic E-state index is 2.15. The summed E-state index contributed by atoms with van der Waals surface area (Å²) in [5.41, 5.74) is 0. The number of rotatable bonds is 0. The van der Waals surface area contributed by atoms with Gasteiger partial charge in [-0.15, -0.1) is 0 Å². The van der Waals surface area contributed by atoms with Crippen LogP contribution in [0.4, 0.5) is 0 Å². The fourth-order valence-corrected chi connectivity index (χ4v) is 0.919. The second-order valence-corrected chi connectivity index (χ2v) is 2.81. The van der Waals surface area contributed by atoms with Crippen LogP contribution in [0.2, 0.25) is 0 Å². The summed E-state index contributed by atoms with van der Waals surface area (Å²) in [6.07, 6.45) is 0. The molecule has 0 saturated carbocycles. The summed E-state index contributed by atoms with van der Waals surface area (Å²) in [5, 5.41) is 1.46. The van der Waals surface area contributed by atoms with E-state index in [4.69, 9.17) is 0 Å². The van der Waals surface area contributed by atoms with E-state index in [0.29, 0.717) is 0 Å². The van der Waals surface area contributed by atoms with Crippen LogP contribution in [-0.2, 0) is 0 Å². The van der Waals surface area contributed by atoms with Crippen molar-refractivity contribution in [1.29, 1.82) is 0 Å². The Balaban J connectivity index is 0.000000490. The van der Waals surface area contributed by atoms with Crippen molar-refractivity contribution in [2.75, 3.05) is 0 Å². The topological polar surface area (TPSA) is 35.0 Å². The summed E-state index contributed by atoms with van der Waals surface area (Å²) in [7, 11) is 1.17. The first-order valence-electron chi connectivity index (χ1n) is 2.41. The van der Waals surface area contributed by atoms with Gasteiger partial charge in [0, 0.05) is 10.2 Å². The highest BCUT2D eigenvalue weighted by Crippen LogP contribution is 1.76. The third kappa shape index (κ3) is 1.91. The summed E-state index contributed by atoms with van der Waals surface area (Å²) in [5.74, 6) is 0. The van der Waals surface area contributed by atoms with Crippen LogP contribution >= 0.6 is 0 Å². The monoisotopic (exact) mass is 125 g/mol. The minimum Gasteiger partial charge on any atom is -0.344 e. The number of hydrogen-bond donors (Lipinski definition) is 1. The minimum absolute atomic E-state index is 0. The molecule has 0 saturated heterocycles. The van der Waals surface area contributed by atoms with Gasteiger partial charge in [0.25, 0.3) is 0 Å². The Hall–Kier alpha value is -0.603. The van der Waals surface area contributed by atoms with Crippen LogP contribution in [0.5, 0.6) is 0 Å². The van der Waals surface area contributed by atoms with Gasteiger partial charge in [0.05, 0.1) is 0 Å². The van der Waals surface area contributed by atoms with E-state index in [0.717, 1.165) is 0 Å². The lowest BCUT2D eigenvalue weighted by Gasteiger charge is -1.82. The van der Waals surface area contributed by atoms with Crippen LogP contribution in [-0.4, -0.2) is 10.2 Å². The molecule has 0 spiro atoms. The first-order chi connectivity index (χ1) is 3.39. The van der Waals surface area contributed by atoms with Crippen molar-refractivity contribution in [3.8, 4) is 0 Å². The molecule has 3 N–H and O–H groups in total. The Morgan fingerprint density at radius 2 is 1.50 bits per heavy atom. The normalized spacial score (nSPS) is 8.00. The van der Waals surface area contributed by atoms with E-state index in [-0.39, 0.29) is 6.15 Å². The molecule has 44 valence electrons. The van der Waals surface area contributed by atoms with E-state index in [1.54, 1.807) is 0 Å². The molecule has 1 rings (SSSR count). The lowest BCUT2D eigenvalue weighted by atomic mass is 10.4. The molecule has 1 aromatic carbocycles. The fraction of sp³-hybridized carbons (Fsp3) is 0. The van der Waals surface area contributed by atoms with Gasteiger partial charge in [-0.2, -0.15) is 0 Å². The molecule has 0 aliphatic carbocycles.